The summed E-state index contributed by atoms with van der Waals surface area (Å²) in [6, 6.07) is 9.24. The summed E-state index contributed by atoms with van der Waals surface area (Å²) in [5, 5.41) is 2.88. The van der Waals surface area contributed by atoms with E-state index in [1.165, 1.54) is 0 Å². The molecule has 0 aromatic heterocycles. The number of nitrogens with one attached hydrogen (secondary N) is 1. The number of likely N-dealkylation sites (tertiary alicyclic amines) is 1. The van der Waals surface area contributed by atoms with E-state index in [0.717, 1.165) is 12.8 Å². The van der Waals surface area contributed by atoms with Crippen LogP contribution in [0.25, 0.3) is 0 Å². The van der Waals surface area contributed by atoms with Gasteiger partial charge in [0.1, 0.15) is 5.75 Å². The van der Waals surface area contributed by atoms with Crippen LogP contribution >= 0.6 is 0 Å². The molecule has 0 aliphatic carbocycles. The van der Waals surface area contributed by atoms with Gasteiger partial charge in [0.05, 0.1) is 5.92 Å². The third kappa shape index (κ3) is 5.85. The SMILES string of the molecule is CC(C)(N)CNC(=O)C1CCCN(C(=O)COc2ccccc2)C1. The van der Waals surface area contributed by atoms with Crippen molar-refractivity contribution in [3.05, 3.63) is 30.3 Å². The molecule has 0 spiro atoms. The largest absolute Gasteiger partial charge is 0.484 e. The lowest BCUT2D eigenvalue weighted by Crippen LogP contribution is -2.50. The van der Waals surface area contributed by atoms with Crippen molar-refractivity contribution >= 4 is 11.8 Å². The van der Waals surface area contributed by atoms with E-state index in [4.69, 9.17) is 10.5 Å². The smallest absolute Gasteiger partial charge is 0.260 e. The average molecular weight is 333 g/mol. The van der Waals surface area contributed by atoms with Gasteiger partial charge in [-0.3, -0.25) is 9.59 Å². The summed E-state index contributed by atoms with van der Waals surface area (Å²) in [6.45, 7) is 5.26. The van der Waals surface area contributed by atoms with Gasteiger partial charge in [0.25, 0.3) is 5.91 Å². The second kappa shape index (κ2) is 8.15. The molecule has 0 bridgehead atoms. The van der Waals surface area contributed by atoms with Crippen LogP contribution in [0.3, 0.4) is 0 Å². The van der Waals surface area contributed by atoms with Gasteiger partial charge in [-0.15, -0.1) is 0 Å². The van der Waals surface area contributed by atoms with E-state index in [9.17, 15) is 9.59 Å². The summed E-state index contributed by atoms with van der Waals surface area (Å²) in [5.41, 5.74) is 5.45. The minimum absolute atomic E-state index is 0.00577. The molecule has 1 aliphatic heterocycles. The highest BCUT2D eigenvalue weighted by Crippen LogP contribution is 2.17. The predicted molar refractivity (Wildman–Crippen MR) is 92.5 cm³/mol. The van der Waals surface area contributed by atoms with E-state index < -0.39 is 5.54 Å². The highest BCUT2D eigenvalue weighted by molar-refractivity contribution is 5.82. The number of para-hydroxylation sites is 1. The number of benzene rings is 1. The van der Waals surface area contributed by atoms with Crippen molar-refractivity contribution in [1.82, 2.24) is 10.2 Å². The quantitative estimate of drug-likeness (QED) is 0.818. The zero-order chi connectivity index (χ0) is 17.6. The molecule has 6 heteroatoms. The Balaban J connectivity index is 1.81. The van der Waals surface area contributed by atoms with Crippen LogP contribution < -0.4 is 15.8 Å². The second-order valence-electron chi connectivity index (χ2n) is 6.99. The first-order valence-electron chi connectivity index (χ1n) is 8.37. The zero-order valence-electron chi connectivity index (χ0n) is 14.5. The number of hydrogen-bond donors (Lipinski definition) is 2. The first kappa shape index (κ1) is 18.3. The summed E-state index contributed by atoms with van der Waals surface area (Å²) >= 11 is 0. The van der Waals surface area contributed by atoms with Crippen molar-refractivity contribution in [3.8, 4) is 5.75 Å². The summed E-state index contributed by atoms with van der Waals surface area (Å²) in [6.07, 6.45) is 1.61. The molecule has 6 nitrogen and oxygen atoms in total. The average Bonchev–Trinajstić information content (AvgIpc) is 2.58. The normalized spacial score (nSPS) is 18.1. The van der Waals surface area contributed by atoms with Crippen molar-refractivity contribution in [3.63, 3.8) is 0 Å². The van der Waals surface area contributed by atoms with Gasteiger partial charge in [-0.05, 0) is 38.8 Å². The van der Waals surface area contributed by atoms with E-state index in [1.54, 1.807) is 4.90 Å². The first-order chi connectivity index (χ1) is 11.3. The number of hydrogen-bond acceptors (Lipinski definition) is 4. The van der Waals surface area contributed by atoms with Crippen molar-refractivity contribution in [2.24, 2.45) is 11.7 Å². The molecule has 0 saturated carbocycles. The van der Waals surface area contributed by atoms with Crippen LogP contribution in [0.4, 0.5) is 0 Å². The third-order valence-corrected chi connectivity index (χ3v) is 3.97. The van der Waals surface area contributed by atoms with Gasteiger partial charge in [-0.2, -0.15) is 0 Å². The number of ether oxygens (including phenoxy) is 1. The predicted octanol–water partition coefficient (Wildman–Crippen LogP) is 1.16. The molecule has 1 unspecified atom stereocenters. The van der Waals surface area contributed by atoms with E-state index in [0.29, 0.717) is 25.4 Å². The van der Waals surface area contributed by atoms with Gasteiger partial charge in [0.2, 0.25) is 5.91 Å². The Morgan fingerprint density at radius 2 is 2.04 bits per heavy atom. The number of amides is 2. The monoisotopic (exact) mass is 333 g/mol. The fourth-order valence-electron chi connectivity index (χ4n) is 2.63. The Morgan fingerprint density at radius 3 is 2.71 bits per heavy atom. The summed E-state index contributed by atoms with van der Waals surface area (Å²) in [4.78, 5) is 26.3. The molecule has 1 aromatic carbocycles. The Labute approximate surface area is 143 Å². The van der Waals surface area contributed by atoms with E-state index in [2.05, 4.69) is 5.32 Å². The lowest BCUT2D eigenvalue weighted by atomic mass is 9.96. The van der Waals surface area contributed by atoms with Gasteiger partial charge in [-0.25, -0.2) is 0 Å². The Morgan fingerprint density at radius 1 is 1.33 bits per heavy atom. The van der Waals surface area contributed by atoms with Crippen LogP contribution in [-0.4, -0.2) is 48.5 Å². The van der Waals surface area contributed by atoms with Gasteiger partial charge >= 0.3 is 0 Å². The summed E-state index contributed by atoms with van der Waals surface area (Å²) < 4.78 is 5.50. The van der Waals surface area contributed by atoms with Crippen LogP contribution in [0.1, 0.15) is 26.7 Å². The zero-order valence-corrected chi connectivity index (χ0v) is 14.5. The molecular weight excluding hydrogens is 306 g/mol. The Bertz CT molecular complexity index is 554. The van der Waals surface area contributed by atoms with Crippen LogP contribution in [0.2, 0.25) is 0 Å². The van der Waals surface area contributed by atoms with Crippen molar-refractivity contribution in [2.45, 2.75) is 32.2 Å². The molecule has 2 amide bonds. The molecule has 1 aromatic rings. The third-order valence-electron chi connectivity index (χ3n) is 3.97. The molecule has 1 atom stereocenters. The van der Waals surface area contributed by atoms with E-state index in [1.807, 2.05) is 44.2 Å². The van der Waals surface area contributed by atoms with Crippen molar-refractivity contribution < 1.29 is 14.3 Å². The lowest BCUT2D eigenvalue weighted by molar-refractivity contribution is -0.137. The Kier molecular flexibility index (Phi) is 6.20. The van der Waals surface area contributed by atoms with Crippen LogP contribution in [-0.2, 0) is 9.59 Å². The standard InChI is InChI=1S/C18H27N3O3/c1-18(2,19)13-20-17(23)14-7-6-10-21(11-14)16(22)12-24-15-8-4-3-5-9-15/h3-5,8-9,14H,6-7,10-13,19H2,1-2H3,(H,20,23). The maximum atomic E-state index is 12.3. The molecule has 2 rings (SSSR count). The molecule has 1 heterocycles. The number of carbonyl (C=O) groups excluding carboxylic acids is 2. The van der Waals surface area contributed by atoms with Crippen LogP contribution in [0.5, 0.6) is 5.75 Å². The van der Waals surface area contributed by atoms with Gasteiger partial charge in [-0.1, -0.05) is 18.2 Å². The van der Waals surface area contributed by atoms with Gasteiger partial charge < -0.3 is 20.7 Å². The molecule has 0 radical (unpaired) electrons. The van der Waals surface area contributed by atoms with Crippen LogP contribution in [0.15, 0.2) is 30.3 Å². The molecule has 24 heavy (non-hydrogen) atoms. The maximum Gasteiger partial charge on any atom is 0.260 e. The summed E-state index contributed by atoms with van der Waals surface area (Å²) in [7, 11) is 0. The topological polar surface area (TPSA) is 84.7 Å². The number of nitrogens with two attached hydrogens (primary N) is 1. The van der Waals surface area contributed by atoms with Crippen molar-refractivity contribution in [1.29, 1.82) is 0 Å². The fraction of sp³-hybridized carbons (Fsp3) is 0.556. The van der Waals surface area contributed by atoms with Crippen LogP contribution in [0, 0.1) is 5.92 Å². The minimum atomic E-state index is -0.441. The second-order valence-corrected chi connectivity index (χ2v) is 6.99. The fourth-order valence-corrected chi connectivity index (χ4v) is 2.63. The Hall–Kier alpha value is -2.08. The number of nitrogens with zero attached hydrogens (tertiary/aromatic N) is 1. The van der Waals surface area contributed by atoms with Crippen molar-refractivity contribution in [2.75, 3.05) is 26.2 Å². The maximum absolute atomic E-state index is 12.3. The molecule has 3 N–H and O–H groups in total. The molecule has 1 saturated heterocycles. The van der Waals surface area contributed by atoms with E-state index in [-0.39, 0.29) is 24.3 Å². The highest BCUT2D eigenvalue weighted by Gasteiger charge is 2.29. The number of carbonyl (C=O) groups is 2. The number of rotatable bonds is 6. The molecule has 132 valence electrons. The molecule has 1 aliphatic rings. The minimum Gasteiger partial charge on any atom is -0.484 e. The molecular formula is C18H27N3O3. The lowest BCUT2D eigenvalue weighted by Gasteiger charge is -2.32. The van der Waals surface area contributed by atoms with E-state index >= 15 is 0 Å². The highest BCUT2D eigenvalue weighted by atomic mass is 16.5. The summed E-state index contributed by atoms with van der Waals surface area (Å²) in [5.74, 6) is 0.370. The van der Waals surface area contributed by atoms with Gasteiger partial charge in [0, 0.05) is 25.2 Å². The van der Waals surface area contributed by atoms with Gasteiger partial charge in [0.15, 0.2) is 6.61 Å². The first-order valence-corrected chi connectivity index (χ1v) is 8.37. The molecule has 1 fully saturated rings. The number of piperidine rings is 1.